The van der Waals surface area contributed by atoms with Gasteiger partial charge in [-0.3, -0.25) is 0 Å². The third kappa shape index (κ3) is 5.01. The summed E-state index contributed by atoms with van der Waals surface area (Å²) in [6.45, 7) is 6.96. The van der Waals surface area contributed by atoms with E-state index in [0.717, 1.165) is 26.2 Å². The van der Waals surface area contributed by atoms with Gasteiger partial charge in [0.25, 0.3) is 0 Å². The first-order valence-electron chi connectivity index (χ1n) is 5.60. The molecule has 1 atom stereocenters. The SMILES string of the molecule is C=C(/C=C/NCC1CN(C)CCO1)C(=O)OC. The molecule has 96 valence electrons. The van der Waals surface area contributed by atoms with Crippen LogP contribution in [-0.4, -0.2) is 57.4 Å². The second-order valence-electron chi connectivity index (χ2n) is 4.01. The van der Waals surface area contributed by atoms with Gasteiger partial charge in [0, 0.05) is 19.6 Å². The summed E-state index contributed by atoms with van der Waals surface area (Å²) in [6, 6.07) is 0. The molecule has 0 aromatic rings. The normalized spacial score (nSPS) is 21.4. The molecule has 0 radical (unpaired) electrons. The van der Waals surface area contributed by atoms with Crippen molar-refractivity contribution in [2.75, 3.05) is 40.4 Å². The van der Waals surface area contributed by atoms with Crippen molar-refractivity contribution < 1.29 is 14.3 Å². The minimum absolute atomic E-state index is 0.185. The van der Waals surface area contributed by atoms with Crippen molar-refractivity contribution in [2.24, 2.45) is 0 Å². The van der Waals surface area contributed by atoms with E-state index in [1.54, 1.807) is 12.3 Å². The summed E-state index contributed by atoms with van der Waals surface area (Å²) in [5, 5.41) is 3.08. The highest BCUT2D eigenvalue weighted by Crippen LogP contribution is 2.01. The largest absolute Gasteiger partial charge is 0.465 e. The number of ether oxygens (including phenoxy) is 2. The molecule has 1 N–H and O–H groups in total. The van der Waals surface area contributed by atoms with Gasteiger partial charge in [0.15, 0.2) is 0 Å². The lowest BCUT2D eigenvalue weighted by molar-refractivity contribution is -0.135. The third-order valence-electron chi connectivity index (χ3n) is 2.54. The van der Waals surface area contributed by atoms with Gasteiger partial charge in [0.05, 0.1) is 25.4 Å². The molecule has 1 rings (SSSR count). The van der Waals surface area contributed by atoms with Gasteiger partial charge >= 0.3 is 5.97 Å². The van der Waals surface area contributed by atoms with Crippen LogP contribution in [0.5, 0.6) is 0 Å². The number of carbonyl (C=O) groups excluding carboxylic acids is 1. The molecule has 1 unspecified atom stereocenters. The Hall–Kier alpha value is -1.33. The standard InChI is InChI=1S/C12H20N2O3/c1-10(12(15)16-3)4-5-13-8-11-9-14(2)6-7-17-11/h4-5,11,13H,1,6-9H2,2-3H3/b5-4+. The van der Waals surface area contributed by atoms with E-state index in [1.165, 1.54) is 7.11 Å². The number of esters is 1. The van der Waals surface area contributed by atoms with E-state index < -0.39 is 5.97 Å². The monoisotopic (exact) mass is 240 g/mol. The molecule has 17 heavy (non-hydrogen) atoms. The smallest absolute Gasteiger partial charge is 0.337 e. The van der Waals surface area contributed by atoms with Gasteiger partial charge in [0.2, 0.25) is 0 Å². The molecule has 5 nitrogen and oxygen atoms in total. The van der Waals surface area contributed by atoms with Crippen molar-refractivity contribution >= 4 is 5.97 Å². The zero-order chi connectivity index (χ0) is 12.7. The van der Waals surface area contributed by atoms with Crippen LogP contribution in [0, 0.1) is 0 Å². The van der Waals surface area contributed by atoms with Gasteiger partial charge in [-0.2, -0.15) is 0 Å². The average Bonchev–Trinajstić information content (AvgIpc) is 2.33. The van der Waals surface area contributed by atoms with E-state index >= 15 is 0 Å². The van der Waals surface area contributed by atoms with E-state index in [2.05, 4.69) is 28.6 Å². The lowest BCUT2D eigenvalue weighted by Crippen LogP contribution is -2.44. The Morgan fingerprint density at radius 2 is 2.47 bits per heavy atom. The fourth-order valence-corrected chi connectivity index (χ4v) is 1.55. The molecule has 1 heterocycles. The van der Waals surface area contributed by atoms with Gasteiger partial charge in [0.1, 0.15) is 0 Å². The third-order valence-corrected chi connectivity index (χ3v) is 2.54. The number of likely N-dealkylation sites (N-methyl/N-ethyl adjacent to an activating group) is 1. The lowest BCUT2D eigenvalue weighted by atomic mass is 10.3. The first-order chi connectivity index (χ1) is 8.13. The number of carbonyl (C=O) groups is 1. The summed E-state index contributed by atoms with van der Waals surface area (Å²) in [5.74, 6) is -0.420. The van der Waals surface area contributed by atoms with Gasteiger partial charge in [-0.15, -0.1) is 0 Å². The molecule has 0 amide bonds. The van der Waals surface area contributed by atoms with E-state index in [1.807, 2.05) is 0 Å². The number of nitrogens with zero attached hydrogens (tertiary/aromatic N) is 1. The Kier molecular flexibility index (Phi) is 5.72. The summed E-state index contributed by atoms with van der Waals surface area (Å²) in [6.07, 6.45) is 3.47. The van der Waals surface area contributed by atoms with Gasteiger partial charge in [-0.05, 0) is 19.3 Å². The molecule has 0 aromatic carbocycles. The van der Waals surface area contributed by atoms with Crippen molar-refractivity contribution in [1.82, 2.24) is 10.2 Å². The maximum atomic E-state index is 11.0. The molecule has 1 aliphatic rings. The van der Waals surface area contributed by atoms with E-state index in [4.69, 9.17) is 4.74 Å². The summed E-state index contributed by atoms with van der Waals surface area (Å²) >= 11 is 0. The van der Waals surface area contributed by atoms with Crippen LogP contribution in [0.25, 0.3) is 0 Å². The van der Waals surface area contributed by atoms with Crippen LogP contribution in [-0.2, 0) is 14.3 Å². The van der Waals surface area contributed by atoms with Crippen LogP contribution in [0.15, 0.2) is 24.4 Å². The van der Waals surface area contributed by atoms with Gasteiger partial charge in [-0.25, -0.2) is 4.79 Å². The van der Waals surface area contributed by atoms with Crippen molar-refractivity contribution in [3.8, 4) is 0 Å². The van der Waals surface area contributed by atoms with E-state index in [0.29, 0.717) is 5.57 Å². The highest BCUT2D eigenvalue weighted by atomic mass is 16.5. The maximum absolute atomic E-state index is 11.0. The quantitative estimate of drug-likeness (QED) is 0.421. The number of nitrogens with one attached hydrogen (secondary N) is 1. The number of hydrogen-bond acceptors (Lipinski definition) is 5. The number of morpholine rings is 1. The van der Waals surface area contributed by atoms with Crippen LogP contribution >= 0.6 is 0 Å². The van der Waals surface area contributed by atoms with Crippen LogP contribution in [0.1, 0.15) is 0 Å². The highest BCUT2D eigenvalue weighted by molar-refractivity contribution is 5.90. The average molecular weight is 240 g/mol. The first-order valence-corrected chi connectivity index (χ1v) is 5.60. The first kappa shape index (κ1) is 13.7. The predicted octanol–water partition coefficient (Wildman–Crippen LogP) is 0.150. The summed E-state index contributed by atoms with van der Waals surface area (Å²) in [7, 11) is 3.41. The summed E-state index contributed by atoms with van der Waals surface area (Å²) < 4.78 is 10.1. The molecule has 1 aliphatic heterocycles. The molecule has 1 saturated heterocycles. The maximum Gasteiger partial charge on any atom is 0.337 e. The molecule has 0 saturated carbocycles. The Morgan fingerprint density at radius 1 is 1.71 bits per heavy atom. The van der Waals surface area contributed by atoms with Crippen LogP contribution in [0.4, 0.5) is 0 Å². The second kappa shape index (κ2) is 7.09. The summed E-state index contributed by atoms with van der Waals surface area (Å²) in [4.78, 5) is 13.2. The Balaban J connectivity index is 2.20. The van der Waals surface area contributed by atoms with Crippen LogP contribution in [0.2, 0.25) is 0 Å². The number of rotatable bonds is 5. The van der Waals surface area contributed by atoms with Crippen molar-refractivity contribution in [3.63, 3.8) is 0 Å². The molecule has 0 aliphatic carbocycles. The zero-order valence-corrected chi connectivity index (χ0v) is 10.4. The number of methoxy groups -OCH3 is 1. The molecular weight excluding hydrogens is 220 g/mol. The second-order valence-corrected chi connectivity index (χ2v) is 4.01. The molecule has 0 spiro atoms. The Morgan fingerprint density at radius 3 is 3.12 bits per heavy atom. The molecule has 1 fully saturated rings. The van der Waals surface area contributed by atoms with Crippen molar-refractivity contribution in [3.05, 3.63) is 24.4 Å². The molecule has 5 heteroatoms. The van der Waals surface area contributed by atoms with Gasteiger partial charge < -0.3 is 19.7 Å². The summed E-state index contributed by atoms with van der Waals surface area (Å²) in [5.41, 5.74) is 0.321. The van der Waals surface area contributed by atoms with Gasteiger partial charge in [-0.1, -0.05) is 6.58 Å². The molecular formula is C12H20N2O3. The minimum atomic E-state index is -0.420. The fraction of sp³-hybridized carbons (Fsp3) is 0.583. The lowest BCUT2D eigenvalue weighted by Gasteiger charge is -2.29. The zero-order valence-electron chi connectivity index (χ0n) is 10.4. The van der Waals surface area contributed by atoms with E-state index in [9.17, 15) is 4.79 Å². The number of hydrogen-bond donors (Lipinski definition) is 1. The Labute approximate surface area is 102 Å². The minimum Gasteiger partial charge on any atom is -0.465 e. The van der Waals surface area contributed by atoms with E-state index in [-0.39, 0.29) is 6.10 Å². The predicted molar refractivity (Wildman–Crippen MR) is 65.5 cm³/mol. The molecule has 0 aromatic heterocycles. The van der Waals surface area contributed by atoms with Crippen LogP contribution < -0.4 is 5.32 Å². The fourth-order valence-electron chi connectivity index (χ4n) is 1.55. The van der Waals surface area contributed by atoms with Crippen molar-refractivity contribution in [2.45, 2.75) is 6.10 Å². The highest BCUT2D eigenvalue weighted by Gasteiger charge is 2.16. The topological polar surface area (TPSA) is 50.8 Å². The van der Waals surface area contributed by atoms with Crippen LogP contribution in [0.3, 0.4) is 0 Å². The van der Waals surface area contributed by atoms with Crippen molar-refractivity contribution in [1.29, 1.82) is 0 Å². The molecule has 0 bridgehead atoms. The Bertz CT molecular complexity index is 302.